The molecular weight excluding hydrogens is 394 g/mol. The van der Waals surface area contributed by atoms with Gasteiger partial charge in [-0.15, -0.1) is 0 Å². The van der Waals surface area contributed by atoms with Crippen LogP contribution in [0.1, 0.15) is 24.4 Å². The molecule has 1 saturated carbocycles. The molecule has 3 rings (SSSR count). The van der Waals surface area contributed by atoms with E-state index in [1.807, 2.05) is 24.3 Å². The lowest BCUT2D eigenvalue weighted by Crippen LogP contribution is -2.34. The van der Waals surface area contributed by atoms with Crippen LogP contribution in [-0.2, 0) is 4.79 Å². The van der Waals surface area contributed by atoms with Gasteiger partial charge in [-0.05, 0) is 71.3 Å². The zero-order valence-corrected chi connectivity index (χ0v) is 14.0. The van der Waals surface area contributed by atoms with Crippen molar-refractivity contribution in [1.82, 2.24) is 5.32 Å². The fraction of sp³-hybridized carbons (Fsp3) is 0.235. The first-order chi connectivity index (χ1) is 10.6. The first-order valence-corrected chi connectivity index (χ1v) is 8.27. The number of benzene rings is 2. The summed E-state index contributed by atoms with van der Waals surface area (Å²) < 4.78 is 14.2. The number of carbonyl (C=O) groups excluding carboxylic acids is 1. The lowest BCUT2D eigenvalue weighted by molar-refractivity contribution is -0.122. The molecule has 114 valence electrons. The van der Waals surface area contributed by atoms with Crippen molar-refractivity contribution in [2.45, 2.75) is 24.9 Å². The van der Waals surface area contributed by atoms with Crippen LogP contribution in [0.5, 0.6) is 0 Å². The van der Waals surface area contributed by atoms with Crippen molar-refractivity contribution < 1.29 is 9.18 Å². The molecule has 1 atom stereocenters. The standard InChI is InChI=1S/C17H16FIN2O/c18-12-6-4-11(5-7-12)16(17(22)21-14-8-9-14)20-15-3-1-2-13(19)10-15/h1-7,10,14,16,20H,8-9H2,(H,21,22). The molecule has 1 unspecified atom stereocenters. The molecule has 1 aliphatic rings. The molecular formula is C17H16FIN2O. The molecule has 5 heteroatoms. The van der Waals surface area contributed by atoms with Gasteiger partial charge in [-0.25, -0.2) is 4.39 Å². The zero-order chi connectivity index (χ0) is 15.5. The van der Waals surface area contributed by atoms with E-state index >= 15 is 0 Å². The van der Waals surface area contributed by atoms with Gasteiger partial charge in [-0.1, -0.05) is 18.2 Å². The van der Waals surface area contributed by atoms with E-state index < -0.39 is 6.04 Å². The van der Waals surface area contributed by atoms with Gasteiger partial charge < -0.3 is 10.6 Å². The largest absolute Gasteiger partial charge is 0.370 e. The van der Waals surface area contributed by atoms with E-state index in [1.54, 1.807) is 12.1 Å². The van der Waals surface area contributed by atoms with Crippen molar-refractivity contribution in [3.63, 3.8) is 0 Å². The van der Waals surface area contributed by atoms with Crippen molar-refractivity contribution in [2.24, 2.45) is 0 Å². The van der Waals surface area contributed by atoms with Crippen LogP contribution in [0.3, 0.4) is 0 Å². The summed E-state index contributed by atoms with van der Waals surface area (Å²) in [5.41, 5.74) is 1.62. The molecule has 1 aliphatic carbocycles. The van der Waals surface area contributed by atoms with Gasteiger partial charge in [-0.3, -0.25) is 4.79 Å². The van der Waals surface area contributed by atoms with Crippen LogP contribution in [0.2, 0.25) is 0 Å². The Morgan fingerprint density at radius 3 is 2.55 bits per heavy atom. The molecule has 2 aromatic carbocycles. The summed E-state index contributed by atoms with van der Waals surface area (Å²) in [5, 5.41) is 6.25. The van der Waals surface area contributed by atoms with Crippen LogP contribution in [0.25, 0.3) is 0 Å². The highest BCUT2D eigenvalue weighted by Gasteiger charge is 2.28. The molecule has 0 aromatic heterocycles. The van der Waals surface area contributed by atoms with Gasteiger partial charge in [0.1, 0.15) is 11.9 Å². The Morgan fingerprint density at radius 1 is 1.18 bits per heavy atom. The molecule has 1 fully saturated rings. The van der Waals surface area contributed by atoms with Crippen LogP contribution in [0.15, 0.2) is 48.5 Å². The van der Waals surface area contributed by atoms with Gasteiger partial charge in [0.15, 0.2) is 0 Å². The second-order valence-electron chi connectivity index (χ2n) is 5.42. The first-order valence-electron chi connectivity index (χ1n) is 7.20. The lowest BCUT2D eigenvalue weighted by atomic mass is 10.1. The van der Waals surface area contributed by atoms with Crippen molar-refractivity contribution in [3.05, 3.63) is 63.5 Å². The predicted octanol–water partition coefficient (Wildman–Crippen LogP) is 3.86. The Bertz CT molecular complexity index is 671. The highest BCUT2D eigenvalue weighted by atomic mass is 127. The summed E-state index contributed by atoms with van der Waals surface area (Å²) in [7, 11) is 0. The Labute approximate surface area is 142 Å². The van der Waals surface area contributed by atoms with Gasteiger partial charge in [0.2, 0.25) is 5.91 Å². The molecule has 3 nitrogen and oxygen atoms in total. The molecule has 0 aliphatic heterocycles. The van der Waals surface area contributed by atoms with Crippen molar-refractivity contribution in [3.8, 4) is 0 Å². The minimum absolute atomic E-state index is 0.0760. The maximum absolute atomic E-state index is 13.1. The van der Waals surface area contributed by atoms with Gasteiger partial charge in [0.25, 0.3) is 0 Å². The van der Waals surface area contributed by atoms with Gasteiger partial charge >= 0.3 is 0 Å². The van der Waals surface area contributed by atoms with Gasteiger partial charge in [-0.2, -0.15) is 0 Å². The van der Waals surface area contributed by atoms with Crippen LogP contribution in [-0.4, -0.2) is 11.9 Å². The van der Waals surface area contributed by atoms with Crippen molar-refractivity contribution in [2.75, 3.05) is 5.32 Å². The maximum Gasteiger partial charge on any atom is 0.247 e. The zero-order valence-electron chi connectivity index (χ0n) is 11.9. The minimum atomic E-state index is -0.528. The Kier molecular flexibility index (Phi) is 4.61. The molecule has 22 heavy (non-hydrogen) atoms. The number of anilines is 1. The Balaban J connectivity index is 1.84. The summed E-state index contributed by atoms with van der Waals surface area (Å²) in [6, 6.07) is 13.6. The molecule has 2 N–H and O–H groups in total. The fourth-order valence-electron chi connectivity index (χ4n) is 2.21. The highest BCUT2D eigenvalue weighted by molar-refractivity contribution is 14.1. The smallest absolute Gasteiger partial charge is 0.247 e. The lowest BCUT2D eigenvalue weighted by Gasteiger charge is -2.20. The van der Waals surface area contributed by atoms with Crippen molar-refractivity contribution in [1.29, 1.82) is 0 Å². The quantitative estimate of drug-likeness (QED) is 0.736. The molecule has 0 bridgehead atoms. The van der Waals surface area contributed by atoms with E-state index in [4.69, 9.17) is 0 Å². The summed E-state index contributed by atoms with van der Waals surface area (Å²) >= 11 is 2.23. The Hall–Kier alpha value is -1.63. The third kappa shape index (κ3) is 3.97. The second kappa shape index (κ2) is 6.64. The van der Waals surface area contributed by atoms with Gasteiger partial charge in [0, 0.05) is 15.3 Å². The van der Waals surface area contributed by atoms with Crippen LogP contribution < -0.4 is 10.6 Å². The van der Waals surface area contributed by atoms with E-state index in [-0.39, 0.29) is 17.8 Å². The molecule has 2 aromatic rings. The average molecular weight is 410 g/mol. The summed E-state index contributed by atoms with van der Waals surface area (Å²) in [6.45, 7) is 0. The molecule has 0 radical (unpaired) electrons. The highest BCUT2D eigenvalue weighted by Crippen LogP contribution is 2.24. The van der Waals surface area contributed by atoms with Gasteiger partial charge in [0.05, 0.1) is 0 Å². The number of halogens is 2. The SMILES string of the molecule is O=C(NC1CC1)C(Nc1cccc(I)c1)c1ccc(F)cc1. The monoisotopic (exact) mass is 410 g/mol. The molecule has 0 spiro atoms. The van der Waals surface area contributed by atoms with E-state index in [1.165, 1.54) is 12.1 Å². The second-order valence-corrected chi connectivity index (χ2v) is 6.67. The van der Waals surface area contributed by atoms with E-state index in [9.17, 15) is 9.18 Å². The van der Waals surface area contributed by atoms with Crippen LogP contribution >= 0.6 is 22.6 Å². The third-order valence-corrected chi connectivity index (χ3v) is 4.20. The molecule has 1 amide bonds. The fourth-order valence-corrected chi connectivity index (χ4v) is 2.76. The molecule has 0 saturated heterocycles. The number of carbonyl (C=O) groups is 1. The van der Waals surface area contributed by atoms with Crippen LogP contribution in [0.4, 0.5) is 10.1 Å². The van der Waals surface area contributed by atoms with Crippen LogP contribution in [0, 0.1) is 9.39 Å². The summed E-state index contributed by atoms with van der Waals surface area (Å²) in [6.07, 6.45) is 2.07. The number of hydrogen-bond donors (Lipinski definition) is 2. The van der Waals surface area contributed by atoms with E-state index in [2.05, 4.69) is 33.2 Å². The van der Waals surface area contributed by atoms with E-state index in [0.29, 0.717) is 0 Å². The third-order valence-electron chi connectivity index (χ3n) is 3.52. The molecule has 0 heterocycles. The number of nitrogens with one attached hydrogen (secondary N) is 2. The summed E-state index contributed by atoms with van der Waals surface area (Å²) in [4.78, 5) is 12.5. The topological polar surface area (TPSA) is 41.1 Å². The average Bonchev–Trinajstić information content (AvgIpc) is 3.30. The maximum atomic E-state index is 13.1. The van der Waals surface area contributed by atoms with E-state index in [0.717, 1.165) is 27.7 Å². The Morgan fingerprint density at radius 2 is 1.91 bits per heavy atom. The predicted molar refractivity (Wildman–Crippen MR) is 93.1 cm³/mol. The van der Waals surface area contributed by atoms with Crippen molar-refractivity contribution >= 4 is 34.2 Å². The number of rotatable bonds is 5. The number of amides is 1. The number of hydrogen-bond acceptors (Lipinski definition) is 2. The minimum Gasteiger partial charge on any atom is -0.370 e. The normalized spacial score (nSPS) is 15.2. The first kappa shape index (κ1) is 15.3. The summed E-state index contributed by atoms with van der Waals surface area (Å²) in [5.74, 6) is -0.382.